The van der Waals surface area contributed by atoms with Crippen LogP contribution in [0.4, 0.5) is 4.79 Å². The first kappa shape index (κ1) is 17.7. The maximum Gasteiger partial charge on any atom is 0.315 e. The standard InChI is InChI=1S/C16H29N5O2/c1-12(2)13(8-11-22)18-16(23)17-9-7-15-20-19-14-6-4-3-5-10-21(14)15/h12-13,22H,3-11H2,1-2H3,(H2,17,18,23). The summed E-state index contributed by atoms with van der Waals surface area (Å²) in [5.41, 5.74) is 0. The van der Waals surface area contributed by atoms with Crippen molar-refractivity contribution >= 4 is 6.03 Å². The number of aromatic nitrogens is 3. The molecule has 0 aliphatic carbocycles. The average molecular weight is 323 g/mol. The monoisotopic (exact) mass is 323 g/mol. The Morgan fingerprint density at radius 3 is 2.87 bits per heavy atom. The van der Waals surface area contributed by atoms with Crippen LogP contribution in [0, 0.1) is 5.92 Å². The predicted octanol–water partition coefficient (Wildman–Crippen LogP) is 1.25. The van der Waals surface area contributed by atoms with Crippen LogP contribution in [0.15, 0.2) is 0 Å². The predicted molar refractivity (Wildman–Crippen MR) is 88.1 cm³/mol. The van der Waals surface area contributed by atoms with Gasteiger partial charge in [-0.15, -0.1) is 10.2 Å². The number of hydrogen-bond donors (Lipinski definition) is 3. The van der Waals surface area contributed by atoms with Crippen LogP contribution in [-0.4, -0.2) is 45.1 Å². The summed E-state index contributed by atoms with van der Waals surface area (Å²) in [6, 6.07) is -0.197. The highest BCUT2D eigenvalue weighted by Gasteiger charge is 2.17. The Morgan fingerprint density at radius 1 is 1.30 bits per heavy atom. The lowest BCUT2D eigenvalue weighted by Crippen LogP contribution is -2.45. The second-order valence-corrected chi connectivity index (χ2v) is 6.51. The molecule has 1 aromatic rings. The summed E-state index contributed by atoms with van der Waals surface area (Å²) in [7, 11) is 0. The molecule has 0 radical (unpaired) electrons. The first-order valence-electron chi connectivity index (χ1n) is 8.68. The van der Waals surface area contributed by atoms with Crippen molar-refractivity contribution in [2.75, 3.05) is 13.2 Å². The van der Waals surface area contributed by atoms with Crippen LogP contribution in [0.25, 0.3) is 0 Å². The zero-order valence-electron chi connectivity index (χ0n) is 14.2. The first-order valence-corrected chi connectivity index (χ1v) is 8.68. The fraction of sp³-hybridized carbons (Fsp3) is 0.812. The van der Waals surface area contributed by atoms with E-state index in [2.05, 4.69) is 25.4 Å². The highest BCUT2D eigenvalue weighted by atomic mass is 16.3. The Kier molecular flexibility index (Phi) is 6.83. The fourth-order valence-electron chi connectivity index (χ4n) is 2.95. The molecule has 0 aromatic carbocycles. The van der Waals surface area contributed by atoms with Crippen LogP contribution in [0.3, 0.4) is 0 Å². The van der Waals surface area contributed by atoms with Gasteiger partial charge in [-0.05, 0) is 25.2 Å². The number of carbonyl (C=O) groups is 1. The summed E-state index contributed by atoms with van der Waals surface area (Å²) in [6.45, 7) is 5.66. The van der Waals surface area contributed by atoms with Crippen molar-refractivity contribution in [3.63, 3.8) is 0 Å². The van der Waals surface area contributed by atoms with Gasteiger partial charge < -0.3 is 20.3 Å². The van der Waals surface area contributed by atoms with E-state index in [9.17, 15) is 4.79 Å². The van der Waals surface area contributed by atoms with E-state index in [-0.39, 0.29) is 18.7 Å². The SMILES string of the molecule is CC(C)C(CCO)NC(=O)NCCc1nnc2n1CCCCC2. The van der Waals surface area contributed by atoms with E-state index in [0.29, 0.717) is 25.3 Å². The summed E-state index contributed by atoms with van der Waals surface area (Å²) in [5, 5.41) is 23.4. The molecule has 2 heterocycles. The molecule has 1 aromatic heterocycles. The summed E-state index contributed by atoms with van der Waals surface area (Å²) < 4.78 is 2.20. The molecule has 3 N–H and O–H groups in total. The summed E-state index contributed by atoms with van der Waals surface area (Å²) >= 11 is 0. The normalized spacial score (nSPS) is 15.8. The number of rotatable bonds is 7. The van der Waals surface area contributed by atoms with Gasteiger partial charge >= 0.3 is 6.03 Å². The molecule has 7 heteroatoms. The number of urea groups is 1. The minimum Gasteiger partial charge on any atom is -0.396 e. The second kappa shape index (κ2) is 8.86. The molecule has 2 rings (SSSR count). The molecular formula is C16H29N5O2. The third-order valence-electron chi connectivity index (χ3n) is 4.38. The van der Waals surface area contributed by atoms with Gasteiger partial charge in [-0.3, -0.25) is 0 Å². The smallest absolute Gasteiger partial charge is 0.315 e. The highest BCUT2D eigenvalue weighted by Crippen LogP contribution is 2.14. The van der Waals surface area contributed by atoms with E-state index in [1.54, 1.807) is 0 Å². The number of aliphatic hydroxyl groups is 1. The lowest BCUT2D eigenvalue weighted by atomic mass is 10.0. The number of nitrogens with one attached hydrogen (secondary N) is 2. The molecule has 1 atom stereocenters. The van der Waals surface area contributed by atoms with Gasteiger partial charge in [0, 0.05) is 38.6 Å². The first-order chi connectivity index (χ1) is 11.1. The molecule has 0 saturated carbocycles. The van der Waals surface area contributed by atoms with Crippen molar-refractivity contribution in [2.45, 2.75) is 65.0 Å². The number of hydrogen-bond acceptors (Lipinski definition) is 4. The number of carbonyl (C=O) groups excluding carboxylic acids is 1. The molecule has 23 heavy (non-hydrogen) atoms. The summed E-state index contributed by atoms with van der Waals surface area (Å²) in [4.78, 5) is 12.0. The quantitative estimate of drug-likeness (QED) is 0.704. The van der Waals surface area contributed by atoms with Gasteiger partial charge in [-0.1, -0.05) is 20.3 Å². The Hall–Kier alpha value is -1.63. The minimum absolute atomic E-state index is 0.00985. The molecule has 1 unspecified atom stereocenters. The van der Waals surface area contributed by atoms with Crippen LogP contribution in [-0.2, 0) is 19.4 Å². The molecule has 2 amide bonds. The Bertz CT molecular complexity index is 501. The summed E-state index contributed by atoms with van der Waals surface area (Å²) in [6.07, 6.45) is 5.85. The Morgan fingerprint density at radius 2 is 2.13 bits per heavy atom. The van der Waals surface area contributed by atoms with Crippen molar-refractivity contribution < 1.29 is 9.90 Å². The van der Waals surface area contributed by atoms with Gasteiger partial charge in [0.1, 0.15) is 11.6 Å². The van der Waals surface area contributed by atoms with Crippen molar-refractivity contribution in [1.82, 2.24) is 25.4 Å². The number of amides is 2. The summed E-state index contributed by atoms with van der Waals surface area (Å²) in [5.74, 6) is 2.32. The van der Waals surface area contributed by atoms with Crippen LogP contribution in [0.5, 0.6) is 0 Å². The van der Waals surface area contributed by atoms with E-state index in [4.69, 9.17) is 5.11 Å². The number of aryl methyl sites for hydroxylation is 1. The van der Waals surface area contributed by atoms with Gasteiger partial charge in [0.15, 0.2) is 0 Å². The molecule has 130 valence electrons. The van der Waals surface area contributed by atoms with Crippen molar-refractivity contribution in [3.8, 4) is 0 Å². The van der Waals surface area contributed by atoms with Gasteiger partial charge in [-0.25, -0.2) is 4.79 Å². The number of aliphatic hydroxyl groups excluding tert-OH is 1. The Balaban J connectivity index is 1.78. The molecule has 1 aliphatic heterocycles. The zero-order valence-corrected chi connectivity index (χ0v) is 14.2. The third kappa shape index (κ3) is 5.20. The van der Waals surface area contributed by atoms with Crippen LogP contribution in [0.2, 0.25) is 0 Å². The Labute approximate surface area is 137 Å². The topological polar surface area (TPSA) is 92.1 Å². The van der Waals surface area contributed by atoms with Crippen LogP contribution in [0.1, 0.15) is 51.2 Å². The molecule has 7 nitrogen and oxygen atoms in total. The highest BCUT2D eigenvalue weighted by molar-refractivity contribution is 5.74. The van der Waals surface area contributed by atoms with Gasteiger partial charge in [0.2, 0.25) is 0 Å². The van der Waals surface area contributed by atoms with Crippen molar-refractivity contribution in [3.05, 3.63) is 11.6 Å². The third-order valence-corrected chi connectivity index (χ3v) is 4.38. The van der Waals surface area contributed by atoms with E-state index in [1.807, 2.05) is 13.8 Å². The number of fused-ring (bicyclic) bond motifs is 1. The molecule has 0 saturated heterocycles. The van der Waals surface area contributed by atoms with Crippen molar-refractivity contribution in [1.29, 1.82) is 0 Å². The van der Waals surface area contributed by atoms with Crippen LogP contribution < -0.4 is 10.6 Å². The molecule has 0 fully saturated rings. The van der Waals surface area contributed by atoms with E-state index in [1.165, 1.54) is 19.3 Å². The minimum atomic E-state index is -0.187. The fourth-order valence-corrected chi connectivity index (χ4v) is 2.95. The van der Waals surface area contributed by atoms with Crippen molar-refractivity contribution in [2.24, 2.45) is 5.92 Å². The van der Waals surface area contributed by atoms with E-state index < -0.39 is 0 Å². The molecule has 0 spiro atoms. The lowest BCUT2D eigenvalue weighted by molar-refractivity contribution is 0.219. The number of nitrogens with zero attached hydrogens (tertiary/aromatic N) is 3. The maximum atomic E-state index is 12.0. The van der Waals surface area contributed by atoms with Gasteiger partial charge in [0.25, 0.3) is 0 Å². The lowest BCUT2D eigenvalue weighted by Gasteiger charge is -2.21. The molecule has 0 bridgehead atoms. The van der Waals surface area contributed by atoms with E-state index >= 15 is 0 Å². The van der Waals surface area contributed by atoms with Gasteiger partial charge in [0.05, 0.1) is 0 Å². The maximum absolute atomic E-state index is 12.0. The molecule has 1 aliphatic rings. The van der Waals surface area contributed by atoms with Crippen LogP contribution >= 0.6 is 0 Å². The molecular weight excluding hydrogens is 294 g/mol. The largest absolute Gasteiger partial charge is 0.396 e. The second-order valence-electron chi connectivity index (χ2n) is 6.51. The average Bonchev–Trinajstić information content (AvgIpc) is 2.75. The zero-order chi connectivity index (χ0) is 16.7. The van der Waals surface area contributed by atoms with E-state index in [0.717, 1.165) is 24.6 Å². The van der Waals surface area contributed by atoms with Gasteiger partial charge in [-0.2, -0.15) is 0 Å².